The summed E-state index contributed by atoms with van der Waals surface area (Å²) < 4.78 is 27.5. The van der Waals surface area contributed by atoms with Crippen LogP contribution in [0.4, 0.5) is 10.5 Å². The number of nitrogens with zero attached hydrogens (tertiary/aromatic N) is 2. The molecule has 2 heterocycles. The lowest BCUT2D eigenvalue weighted by atomic mass is 9.93. The van der Waals surface area contributed by atoms with Gasteiger partial charge in [-0.15, -0.1) is 0 Å². The Bertz CT molecular complexity index is 1000. The molecule has 10 nitrogen and oxygen atoms in total. The molecular formula is C19H25N5O5S. The lowest BCUT2D eigenvalue weighted by Crippen LogP contribution is -2.46. The van der Waals surface area contributed by atoms with Crippen LogP contribution in [0.25, 0.3) is 0 Å². The second kappa shape index (κ2) is 8.42. The van der Waals surface area contributed by atoms with Crippen LogP contribution in [0.1, 0.15) is 39.5 Å². The molecule has 0 radical (unpaired) electrons. The molecule has 0 bridgehead atoms. The number of aliphatic imine (C=N–C) groups is 1. The summed E-state index contributed by atoms with van der Waals surface area (Å²) in [6, 6.07) is 5.12. The van der Waals surface area contributed by atoms with E-state index in [0.717, 1.165) is 11.3 Å². The van der Waals surface area contributed by atoms with Crippen molar-refractivity contribution in [3.05, 3.63) is 24.3 Å². The Morgan fingerprint density at radius 1 is 1.27 bits per heavy atom. The molecule has 0 saturated carbocycles. The van der Waals surface area contributed by atoms with E-state index >= 15 is 0 Å². The second-order valence-corrected chi connectivity index (χ2v) is 8.91. The summed E-state index contributed by atoms with van der Waals surface area (Å²) in [5.41, 5.74) is -0.750. The van der Waals surface area contributed by atoms with Crippen LogP contribution in [-0.2, 0) is 19.6 Å². The lowest BCUT2D eigenvalue weighted by Gasteiger charge is -2.23. The predicted molar refractivity (Wildman–Crippen MR) is 110 cm³/mol. The number of carbonyl (C=O) groups excluding carboxylic acids is 3. The van der Waals surface area contributed by atoms with E-state index in [0.29, 0.717) is 31.6 Å². The van der Waals surface area contributed by atoms with E-state index < -0.39 is 40.0 Å². The van der Waals surface area contributed by atoms with Crippen molar-refractivity contribution in [1.29, 1.82) is 0 Å². The SMILES string of the molecule is CCC1(CC)NC(=O)N(CC(=O)Nc2cccc(S(=O)(=O)NC3=NCCC3)c2)C1=O. The Balaban J connectivity index is 1.68. The minimum absolute atomic E-state index is 0.0270. The summed E-state index contributed by atoms with van der Waals surface area (Å²) in [5.74, 6) is -0.631. The molecule has 11 heteroatoms. The monoisotopic (exact) mass is 435 g/mol. The quantitative estimate of drug-likeness (QED) is 0.553. The van der Waals surface area contributed by atoms with Gasteiger partial charge in [0.15, 0.2) is 0 Å². The highest BCUT2D eigenvalue weighted by molar-refractivity contribution is 7.90. The van der Waals surface area contributed by atoms with Gasteiger partial charge in [0.25, 0.3) is 15.9 Å². The molecule has 2 aliphatic heterocycles. The number of sulfonamides is 1. The minimum Gasteiger partial charge on any atom is -0.324 e. The first-order valence-corrected chi connectivity index (χ1v) is 11.3. The molecule has 30 heavy (non-hydrogen) atoms. The van der Waals surface area contributed by atoms with Gasteiger partial charge in [0, 0.05) is 18.7 Å². The van der Waals surface area contributed by atoms with Gasteiger partial charge in [0.1, 0.15) is 17.9 Å². The smallest absolute Gasteiger partial charge is 0.324 e. The molecule has 1 fully saturated rings. The van der Waals surface area contributed by atoms with Crippen LogP contribution in [0.2, 0.25) is 0 Å². The highest BCUT2D eigenvalue weighted by Gasteiger charge is 2.49. The van der Waals surface area contributed by atoms with Gasteiger partial charge in [0.2, 0.25) is 5.91 Å². The van der Waals surface area contributed by atoms with Gasteiger partial charge in [-0.1, -0.05) is 19.9 Å². The number of urea groups is 1. The normalized spacial score (nSPS) is 18.2. The highest BCUT2D eigenvalue weighted by Crippen LogP contribution is 2.25. The average Bonchev–Trinajstić information content (AvgIpc) is 3.29. The van der Waals surface area contributed by atoms with E-state index in [4.69, 9.17) is 0 Å². The van der Waals surface area contributed by atoms with Crippen LogP contribution in [0.15, 0.2) is 34.2 Å². The molecule has 2 aliphatic rings. The van der Waals surface area contributed by atoms with Gasteiger partial charge >= 0.3 is 6.03 Å². The third-order valence-electron chi connectivity index (χ3n) is 5.31. The van der Waals surface area contributed by atoms with Crippen molar-refractivity contribution in [3.8, 4) is 0 Å². The van der Waals surface area contributed by atoms with Crippen LogP contribution in [0.5, 0.6) is 0 Å². The topological polar surface area (TPSA) is 137 Å². The van der Waals surface area contributed by atoms with E-state index in [-0.39, 0.29) is 10.6 Å². The first-order valence-electron chi connectivity index (χ1n) is 9.81. The zero-order valence-corrected chi connectivity index (χ0v) is 17.7. The van der Waals surface area contributed by atoms with E-state index in [1.54, 1.807) is 13.8 Å². The highest BCUT2D eigenvalue weighted by atomic mass is 32.2. The van der Waals surface area contributed by atoms with Crippen LogP contribution in [0, 0.1) is 0 Å². The number of amidine groups is 1. The number of anilines is 1. The maximum absolute atomic E-state index is 12.6. The number of carbonyl (C=O) groups is 3. The van der Waals surface area contributed by atoms with Gasteiger partial charge < -0.3 is 10.6 Å². The van der Waals surface area contributed by atoms with Crippen LogP contribution < -0.4 is 15.4 Å². The van der Waals surface area contributed by atoms with Gasteiger partial charge in [-0.2, -0.15) is 0 Å². The van der Waals surface area contributed by atoms with Gasteiger partial charge in [0.05, 0.1) is 4.90 Å². The fourth-order valence-corrected chi connectivity index (χ4v) is 4.61. The first-order chi connectivity index (χ1) is 14.2. The molecule has 162 valence electrons. The van der Waals surface area contributed by atoms with Crippen molar-refractivity contribution in [3.63, 3.8) is 0 Å². The predicted octanol–water partition coefficient (Wildman–Crippen LogP) is 1.21. The summed E-state index contributed by atoms with van der Waals surface area (Å²) in [4.78, 5) is 42.1. The Morgan fingerprint density at radius 3 is 2.60 bits per heavy atom. The van der Waals surface area contributed by atoms with Crippen LogP contribution in [-0.4, -0.2) is 55.6 Å². The Kier molecular flexibility index (Phi) is 6.11. The Labute approximate surface area is 175 Å². The van der Waals surface area contributed by atoms with Gasteiger partial charge in [-0.3, -0.25) is 24.2 Å². The Hall–Kier alpha value is -2.95. The molecule has 1 saturated heterocycles. The summed E-state index contributed by atoms with van der Waals surface area (Å²) in [5, 5.41) is 5.20. The average molecular weight is 436 g/mol. The first kappa shape index (κ1) is 21.8. The van der Waals surface area contributed by atoms with Gasteiger partial charge in [-0.25, -0.2) is 13.2 Å². The maximum atomic E-state index is 12.6. The number of hydrogen-bond acceptors (Lipinski definition) is 6. The van der Waals surface area contributed by atoms with E-state index in [9.17, 15) is 22.8 Å². The van der Waals surface area contributed by atoms with E-state index in [1.165, 1.54) is 24.3 Å². The number of rotatable bonds is 7. The molecule has 3 N–H and O–H groups in total. The molecule has 4 amide bonds. The number of hydrogen-bond donors (Lipinski definition) is 3. The lowest BCUT2D eigenvalue weighted by molar-refractivity contribution is -0.134. The number of amides is 4. The third-order valence-corrected chi connectivity index (χ3v) is 6.69. The fourth-order valence-electron chi connectivity index (χ4n) is 3.47. The number of benzene rings is 1. The zero-order valence-electron chi connectivity index (χ0n) is 16.9. The van der Waals surface area contributed by atoms with Crippen molar-refractivity contribution < 1.29 is 22.8 Å². The van der Waals surface area contributed by atoms with Crippen molar-refractivity contribution >= 4 is 39.4 Å². The van der Waals surface area contributed by atoms with Crippen LogP contribution in [0.3, 0.4) is 0 Å². The molecule has 3 rings (SSSR count). The molecule has 1 aromatic rings. The maximum Gasteiger partial charge on any atom is 0.325 e. The van der Waals surface area contributed by atoms with Crippen LogP contribution >= 0.6 is 0 Å². The van der Waals surface area contributed by atoms with E-state index in [1.807, 2.05) is 0 Å². The van der Waals surface area contributed by atoms with Crippen molar-refractivity contribution in [1.82, 2.24) is 14.9 Å². The Morgan fingerprint density at radius 2 is 2.00 bits per heavy atom. The summed E-state index contributed by atoms with van der Waals surface area (Å²) in [7, 11) is -3.82. The summed E-state index contributed by atoms with van der Waals surface area (Å²) >= 11 is 0. The minimum atomic E-state index is -3.82. The summed E-state index contributed by atoms with van der Waals surface area (Å²) in [6.07, 6.45) is 2.21. The fraction of sp³-hybridized carbons (Fsp3) is 0.474. The number of nitrogens with one attached hydrogen (secondary N) is 3. The molecule has 0 unspecified atom stereocenters. The third kappa shape index (κ3) is 4.30. The molecule has 1 aromatic carbocycles. The van der Waals surface area contributed by atoms with Crippen molar-refractivity contribution in [2.45, 2.75) is 50.0 Å². The summed E-state index contributed by atoms with van der Waals surface area (Å²) in [6.45, 7) is 3.72. The molecule has 0 aliphatic carbocycles. The molecular weight excluding hydrogens is 410 g/mol. The van der Waals surface area contributed by atoms with Gasteiger partial charge in [-0.05, 0) is 37.5 Å². The molecule has 0 atom stereocenters. The number of imide groups is 1. The van der Waals surface area contributed by atoms with Crippen molar-refractivity contribution in [2.75, 3.05) is 18.4 Å². The largest absolute Gasteiger partial charge is 0.325 e. The van der Waals surface area contributed by atoms with E-state index in [2.05, 4.69) is 20.3 Å². The standard InChI is InChI=1S/C19H25N5O5S/c1-3-19(4-2)17(26)24(18(27)22-19)12-16(25)21-13-7-5-8-14(11-13)30(28,29)23-15-9-6-10-20-15/h5,7-8,11H,3-4,6,9-10,12H2,1-2H3,(H,20,23)(H,21,25)(H,22,27). The zero-order chi connectivity index (χ0) is 21.9. The molecule has 0 aromatic heterocycles. The molecule has 0 spiro atoms. The van der Waals surface area contributed by atoms with Crippen molar-refractivity contribution in [2.24, 2.45) is 4.99 Å². The second-order valence-electron chi connectivity index (χ2n) is 7.22.